The maximum atomic E-state index is 2.50. The van der Waals surface area contributed by atoms with Crippen LogP contribution in [-0.4, -0.2) is 0 Å². The Labute approximate surface area is 533 Å². The van der Waals surface area contributed by atoms with Crippen molar-refractivity contribution in [3.05, 3.63) is 352 Å². The van der Waals surface area contributed by atoms with E-state index >= 15 is 0 Å². The van der Waals surface area contributed by atoms with Crippen LogP contribution in [0.15, 0.2) is 352 Å². The zero-order valence-corrected chi connectivity index (χ0v) is 50.6. The molecule has 0 saturated heterocycles. The average molecular weight is 1180 g/mol. The molecular formula is C88H58N2S. The number of thiophene rings is 1. The molecule has 1 aromatic heterocycles. The number of nitrogens with zero attached hydrogens (tertiary/aromatic N) is 2. The van der Waals surface area contributed by atoms with E-state index in [1.165, 1.54) is 102 Å². The first kappa shape index (κ1) is 53.6. The van der Waals surface area contributed by atoms with Crippen LogP contribution >= 0.6 is 11.3 Å². The highest BCUT2D eigenvalue weighted by atomic mass is 32.1. The van der Waals surface area contributed by atoms with E-state index in [4.69, 9.17) is 0 Å². The summed E-state index contributed by atoms with van der Waals surface area (Å²) in [6.07, 6.45) is 0. The zero-order valence-electron chi connectivity index (χ0n) is 49.8. The quantitative estimate of drug-likeness (QED) is 0.113. The largest absolute Gasteiger partial charge is 0.310 e. The second-order valence-corrected chi connectivity index (χ2v) is 24.6. The molecule has 17 rings (SSSR count). The summed E-state index contributed by atoms with van der Waals surface area (Å²) in [7, 11) is 0. The lowest BCUT2D eigenvalue weighted by molar-refractivity contribution is 1.28. The molecule has 0 N–H and O–H groups in total. The molecule has 0 aliphatic carbocycles. The Bertz CT molecular complexity index is 5590. The van der Waals surface area contributed by atoms with Gasteiger partial charge in [0.05, 0.1) is 17.1 Å². The highest BCUT2D eigenvalue weighted by molar-refractivity contribution is 7.25. The fourth-order valence-electron chi connectivity index (χ4n) is 13.8. The highest BCUT2D eigenvalue weighted by Gasteiger charge is 2.25. The van der Waals surface area contributed by atoms with Crippen LogP contribution in [0.2, 0.25) is 0 Å². The van der Waals surface area contributed by atoms with Gasteiger partial charge in [-0.05, 0) is 166 Å². The third kappa shape index (κ3) is 9.77. The predicted molar refractivity (Wildman–Crippen MR) is 391 cm³/mol. The van der Waals surface area contributed by atoms with Crippen LogP contribution in [0.5, 0.6) is 0 Å². The molecule has 16 aromatic carbocycles. The summed E-state index contributed by atoms with van der Waals surface area (Å²) >= 11 is 1.87. The van der Waals surface area contributed by atoms with Crippen molar-refractivity contribution in [2.24, 2.45) is 0 Å². The van der Waals surface area contributed by atoms with Crippen molar-refractivity contribution in [2.75, 3.05) is 9.80 Å². The van der Waals surface area contributed by atoms with E-state index in [-0.39, 0.29) is 0 Å². The van der Waals surface area contributed by atoms with Crippen LogP contribution in [-0.2, 0) is 0 Å². The van der Waals surface area contributed by atoms with Gasteiger partial charge in [0.1, 0.15) is 0 Å². The third-order valence-electron chi connectivity index (χ3n) is 18.3. The minimum Gasteiger partial charge on any atom is -0.310 e. The standard InChI is InChI=1S/C88H58N2S/c1-3-19-59(20-4-1)60-37-39-64(40-38-60)78-28-11-14-34-84(78)90(86-54-53-75(61-21-5-2-6-22-61)80-30-9-10-31-81(80)86)85-35-15-12-29-79(85)67-25-17-26-71(56-67)89(70-47-43-63(44-48-70)74-33-18-24-62-23-7-8-27-73(62)74)72-49-52-77-69(57-72)42-41-68-55-65(45-50-76(68)77)66-46-51-83-82-32-13-16-36-87(82)91-88(83)58-66/h1-58H. The van der Waals surface area contributed by atoms with Crippen molar-refractivity contribution in [3.63, 3.8) is 0 Å². The maximum absolute atomic E-state index is 2.50. The molecule has 3 heteroatoms. The first-order valence-corrected chi connectivity index (χ1v) is 32.0. The molecule has 91 heavy (non-hydrogen) atoms. The van der Waals surface area contributed by atoms with E-state index in [1.54, 1.807) is 0 Å². The monoisotopic (exact) mass is 1170 g/mol. The zero-order chi connectivity index (χ0) is 60.2. The molecule has 0 amide bonds. The van der Waals surface area contributed by atoms with Gasteiger partial charge in [0.2, 0.25) is 0 Å². The highest BCUT2D eigenvalue weighted by Crippen LogP contribution is 2.50. The van der Waals surface area contributed by atoms with Gasteiger partial charge in [-0.1, -0.05) is 279 Å². The van der Waals surface area contributed by atoms with Gasteiger partial charge in [0.15, 0.2) is 0 Å². The van der Waals surface area contributed by atoms with Gasteiger partial charge >= 0.3 is 0 Å². The Kier molecular flexibility index (Phi) is 13.4. The number of fused-ring (bicyclic) bond motifs is 8. The van der Waals surface area contributed by atoms with Crippen molar-refractivity contribution in [3.8, 4) is 66.8 Å². The summed E-state index contributed by atoms with van der Waals surface area (Å²) in [5.74, 6) is 0. The maximum Gasteiger partial charge on any atom is 0.0540 e. The van der Waals surface area contributed by atoms with E-state index in [9.17, 15) is 0 Å². The molecule has 17 aromatic rings. The van der Waals surface area contributed by atoms with Crippen LogP contribution in [0.1, 0.15) is 0 Å². The Hall–Kier alpha value is -11.6. The van der Waals surface area contributed by atoms with E-state index in [0.29, 0.717) is 0 Å². The molecule has 2 nitrogen and oxygen atoms in total. The number of para-hydroxylation sites is 2. The summed E-state index contributed by atoms with van der Waals surface area (Å²) in [6, 6.07) is 130. The van der Waals surface area contributed by atoms with Crippen LogP contribution in [0.25, 0.3) is 130 Å². The number of hydrogen-bond acceptors (Lipinski definition) is 3. The van der Waals surface area contributed by atoms with Crippen molar-refractivity contribution >= 4 is 109 Å². The third-order valence-corrected chi connectivity index (χ3v) is 19.4. The van der Waals surface area contributed by atoms with E-state index in [0.717, 1.165) is 61.8 Å². The summed E-state index contributed by atoms with van der Waals surface area (Å²) in [5.41, 5.74) is 20.5. The van der Waals surface area contributed by atoms with Gasteiger partial charge < -0.3 is 9.80 Å². The lowest BCUT2D eigenvalue weighted by Crippen LogP contribution is -2.13. The fraction of sp³-hybridized carbons (Fsp3) is 0. The van der Waals surface area contributed by atoms with Crippen LogP contribution in [0.3, 0.4) is 0 Å². The molecule has 0 aliphatic rings. The molecule has 1 heterocycles. The molecule has 0 atom stereocenters. The summed E-state index contributed by atoms with van der Waals surface area (Å²) in [4.78, 5) is 4.93. The molecule has 426 valence electrons. The lowest BCUT2D eigenvalue weighted by atomic mass is 9.94. The fourth-order valence-corrected chi connectivity index (χ4v) is 15.0. The average Bonchev–Trinajstić information content (AvgIpc) is 1.20. The van der Waals surface area contributed by atoms with Gasteiger partial charge in [-0.25, -0.2) is 0 Å². The van der Waals surface area contributed by atoms with Crippen LogP contribution < -0.4 is 9.80 Å². The van der Waals surface area contributed by atoms with E-state index in [2.05, 4.69) is 362 Å². The Balaban J connectivity index is 0.807. The first-order chi connectivity index (χ1) is 45.1. The Morgan fingerprint density at radius 1 is 0.176 bits per heavy atom. The number of hydrogen-bond donors (Lipinski definition) is 0. The molecule has 0 saturated carbocycles. The summed E-state index contributed by atoms with van der Waals surface area (Å²) < 4.78 is 2.64. The van der Waals surface area contributed by atoms with Gasteiger partial charge in [0, 0.05) is 53.7 Å². The molecule has 0 radical (unpaired) electrons. The van der Waals surface area contributed by atoms with E-state index < -0.39 is 0 Å². The summed E-state index contributed by atoms with van der Waals surface area (Å²) in [5, 5.41) is 12.3. The molecule has 0 aliphatic heterocycles. The first-order valence-electron chi connectivity index (χ1n) is 31.2. The topological polar surface area (TPSA) is 6.48 Å². The summed E-state index contributed by atoms with van der Waals surface area (Å²) in [6.45, 7) is 0. The molecule has 0 unspecified atom stereocenters. The molecule has 0 fully saturated rings. The van der Waals surface area contributed by atoms with Crippen LogP contribution in [0, 0.1) is 0 Å². The van der Waals surface area contributed by atoms with Gasteiger partial charge in [-0.3, -0.25) is 0 Å². The van der Waals surface area contributed by atoms with Crippen molar-refractivity contribution in [1.29, 1.82) is 0 Å². The number of anilines is 6. The Morgan fingerprint density at radius 3 is 1.41 bits per heavy atom. The minimum absolute atomic E-state index is 1.05. The number of rotatable bonds is 12. The normalized spacial score (nSPS) is 11.5. The lowest BCUT2D eigenvalue weighted by Gasteiger charge is -2.31. The second kappa shape index (κ2) is 22.8. The van der Waals surface area contributed by atoms with Crippen molar-refractivity contribution in [2.45, 2.75) is 0 Å². The van der Waals surface area contributed by atoms with Gasteiger partial charge in [-0.15, -0.1) is 11.3 Å². The molecule has 0 spiro atoms. The molecule has 0 bridgehead atoms. The SMILES string of the molecule is c1ccc(-c2ccc(-c3ccccc3N(c3ccccc3-c3cccc(N(c4ccc(-c5cccc6ccccc56)cc4)c4ccc5c(ccc6cc(-c7ccc8c(c7)sc7ccccc78)ccc65)c4)c3)c3ccc(-c4ccccc4)c4ccccc34)cc2)cc1. The number of benzene rings is 16. The predicted octanol–water partition coefficient (Wildman–Crippen LogP) is 25.6. The Morgan fingerprint density at radius 2 is 0.637 bits per heavy atom. The molecular weight excluding hydrogens is 1120 g/mol. The van der Waals surface area contributed by atoms with E-state index in [1.807, 2.05) is 11.3 Å². The van der Waals surface area contributed by atoms with Crippen molar-refractivity contribution in [1.82, 2.24) is 0 Å². The van der Waals surface area contributed by atoms with Crippen LogP contribution in [0.4, 0.5) is 34.1 Å². The smallest absolute Gasteiger partial charge is 0.0540 e. The van der Waals surface area contributed by atoms with Gasteiger partial charge in [0.25, 0.3) is 0 Å². The van der Waals surface area contributed by atoms with Crippen molar-refractivity contribution < 1.29 is 0 Å². The second-order valence-electron chi connectivity index (χ2n) is 23.5. The minimum atomic E-state index is 1.05. The van der Waals surface area contributed by atoms with Gasteiger partial charge in [-0.2, -0.15) is 0 Å².